The summed E-state index contributed by atoms with van der Waals surface area (Å²) < 4.78 is 16.1. The normalized spacial score (nSPS) is 11.2. The Balaban J connectivity index is 1.94. The number of hydrogen-bond acceptors (Lipinski definition) is 6. The molecule has 0 bridgehead atoms. The fraction of sp³-hybridized carbons (Fsp3) is 0.467. The molecular formula is C15H20N2O3S. The Bertz CT molecular complexity index is 536. The molecule has 0 atom stereocenters. The number of rotatable bonds is 8. The molecule has 21 heavy (non-hydrogen) atoms. The smallest absolute Gasteiger partial charge is 0.283 e. The van der Waals surface area contributed by atoms with Gasteiger partial charge >= 0.3 is 0 Å². The summed E-state index contributed by atoms with van der Waals surface area (Å²) >= 11 is 1.67. The molecule has 0 N–H and O–H groups in total. The molecule has 0 radical (unpaired) electrons. The number of aromatic nitrogens is 2. The molecule has 114 valence electrons. The van der Waals surface area contributed by atoms with E-state index in [0.717, 1.165) is 0 Å². The monoisotopic (exact) mass is 308 g/mol. The second kappa shape index (κ2) is 8.17. The van der Waals surface area contributed by atoms with Gasteiger partial charge < -0.3 is 14.0 Å². The van der Waals surface area contributed by atoms with Gasteiger partial charge in [-0.1, -0.05) is 22.9 Å². The minimum absolute atomic E-state index is 0.373. The summed E-state index contributed by atoms with van der Waals surface area (Å²) in [6.07, 6.45) is -0.578. The first-order valence-corrected chi connectivity index (χ1v) is 7.96. The maximum absolute atomic E-state index is 5.43. The van der Waals surface area contributed by atoms with Crippen LogP contribution in [0, 0.1) is 6.92 Å². The molecule has 0 unspecified atom stereocenters. The van der Waals surface area contributed by atoms with Crippen LogP contribution in [-0.2, 0) is 15.2 Å². The number of thioether (sulfide) groups is 1. The molecule has 1 aromatic heterocycles. The van der Waals surface area contributed by atoms with E-state index >= 15 is 0 Å². The van der Waals surface area contributed by atoms with Crippen LogP contribution < -0.4 is 0 Å². The van der Waals surface area contributed by atoms with Gasteiger partial charge in [-0.2, -0.15) is 4.98 Å². The van der Waals surface area contributed by atoms with Crippen LogP contribution >= 0.6 is 11.8 Å². The van der Waals surface area contributed by atoms with Crippen molar-refractivity contribution in [1.29, 1.82) is 0 Å². The quantitative estimate of drug-likeness (QED) is 0.547. The maximum Gasteiger partial charge on any atom is 0.283 e. The molecule has 0 amide bonds. The molecule has 1 aromatic carbocycles. The van der Waals surface area contributed by atoms with E-state index in [-0.39, 0.29) is 0 Å². The predicted octanol–water partition coefficient (Wildman–Crippen LogP) is 3.74. The first-order valence-electron chi connectivity index (χ1n) is 6.98. The minimum Gasteiger partial charge on any atom is -0.345 e. The largest absolute Gasteiger partial charge is 0.345 e. The van der Waals surface area contributed by atoms with Crippen molar-refractivity contribution in [2.75, 3.05) is 13.2 Å². The van der Waals surface area contributed by atoms with Crippen molar-refractivity contribution in [2.45, 2.75) is 37.7 Å². The van der Waals surface area contributed by atoms with Crippen LogP contribution in [0.4, 0.5) is 0 Å². The highest BCUT2D eigenvalue weighted by atomic mass is 32.2. The Hall–Kier alpha value is -1.37. The molecule has 6 heteroatoms. The van der Waals surface area contributed by atoms with Crippen molar-refractivity contribution < 1.29 is 14.0 Å². The van der Waals surface area contributed by atoms with E-state index < -0.39 is 6.29 Å². The van der Waals surface area contributed by atoms with Crippen molar-refractivity contribution >= 4 is 11.8 Å². The summed E-state index contributed by atoms with van der Waals surface area (Å²) in [7, 11) is 0. The van der Waals surface area contributed by atoms with Gasteiger partial charge in [-0.05, 0) is 32.9 Å². The zero-order valence-corrected chi connectivity index (χ0v) is 13.4. The molecule has 0 aliphatic carbocycles. The first kappa shape index (κ1) is 16.0. The third-order valence-corrected chi connectivity index (χ3v) is 3.72. The third kappa shape index (κ3) is 4.84. The fourth-order valence-electron chi connectivity index (χ4n) is 1.70. The van der Waals surface area contributed by atoms with Gasteiger partial charge in [0.2, 0.25) is 6.29 Å². The van der Waals surface area contributed by atoms with Gasteiger partial charge in [0, 0.05) is 18.1 Å². The molecule has 0 saturated carbocycles. The zero-order chi connectivity index (χ0) is 15.1. The van der Waals surface area contributed by atoms with Crippen molar-refractivity contribution in [3.8, 4) is 0 Å². The van der Waals surface area contributed by atoms with E-state index in [1.54, 1.807) is 11.8 Å². The highest BCUT2D eigenvalue weighted by Crippen LogP contribution is 2.23. The lowest BCUT2D eigenvalue weighted by molar-refractivity contribution is -0.155. The summed E-state index contributed by atoms with van der Waals surface area (Å²) in [6.45, 7) is 6.93. The van der Waals surface area contributed by atoms with E-state index in [4.69, 9.17) is 14.0 Å². The molecule has 1 heterocycles. The molecule has 2 aromatic rings. The van der Waals surface area contributed by atoms with Crippen LogP contribution in [0.15, 0.2) is 33.7 Å². The van der Waals surface area contributed by atoms with Crippen LogP contribution in [0.1, 0.15) is 37.4 Å². The van der Waals surface area contributed by atoms with E-state index in [1.807, 2.05) is 13.8 Å². The Morgan fingerprint density at radius 1 is 1.14 bits per heavy atom. The third-order valence-electron chi connectivity index (χ3n) is 2.71. The number of hydrogen-bond donors (Lipinski definition) is 0. The average molecular weight is 308 g/mol. The summed E-state index contributed by atoms with van der Waals surface area (Å²) in [4.78, 5) is 5.51. The average Bonchev–Trinajstić information content (AvgIpc) is 2.95. The lowest BCUT2D eigenvalue weighted by Crippen LogP contribution is -2.09. The fourth-order valence-corrected chi connectivity index (χ4v) is 2.44. The summed E-state index contributed by atoms with van der Waals surface area (Å²) in [5.41, 5.74) is 1.25. The summed E-state index contributed by atoms with van der Waals surface area (Å²) in [6, 6.07) is 8.35. The SMILES string of the molecule is CCOC(OCC)c1nc(CSc2ccc(C)cc2)no1. The van der Waals surface area contributed by atoms with Crippen LogP contribution in [0.3, 0.4) is 0 Å². The van der Waals surface area contributed by atoms with Crippen molar-refractivity contribution in [1.82, 2.24) is 10.1 Å². The molecule has 2 rings (SSSR count). The Morgan fingerprint density at radius 3 is 2.43 bits per heavy atom. The number of aryl methyl sites for hydroxylation is 1. The van der Waals surface area contributed by atoms with Crippen LogP contribution in [-0.4, -0.2) is 23.4 Å². The van der Waals surface area contributed by atoms with E-state index in [2.05, 4.69) is 41.3 Å². The topological polar surface area (TPSA) is 57.4 Å². The van der Waals surface area contributed by atoms with Crippen LogP contribution in [0.5, 0.6) is 0 Å². The van der Waals surface area contributed by atoms with Gasteiger partial charge in [-0.3, -0.25) is 0 Å². The Morgan fingerprint density at radius 2 is 1.81 bits per heavy atom. The van der Waals surface area contributed by atoms with Gasteiger partial charge in [0.15, 0.2) is 5.82 Å². The number of benzene rings is 1. The minimum atomic E-state index is -0.578. The number of nitrogens with zero attached hydrogens (tertiary/aromatic N) is 2. The highest BCUT2D eigenvalue weighted by Gasteiger charge is 2.19. The van der Waals surface area contributed by atoms with Gasteiger partial charge in [0.05, 0.1) is 5.75 Å². The highest BCUT2D eigenvalue weighted by molar-refractivity contribution is 7.98. The predicted molar refractivity (Wildman–Crippen MR) is 81.0 cm³/mol. The maximum atomic E-state index is 5.43. The Kier molecular flexibility index (Phi) is 6.22. The van der Waals surface area contributed by atoms with Crippen molar-refractivity contribution in [2.24, 2.45) is 0 Å². The zero-order valence-electron chi connectivity index (χ0n) is 12.5. The van der Waals surface area contributed by atoms with E-state index in [1.165, 1.54) is 10.5 Å². The molecule has 0 aliphatic rings. The Labute approximate surface area is 129 Å². The summed E-state index contributed by atoms with van der Waals surface area (Å²) in [5.74, 6) is 1.66. The van der Waals surface area contributed by atoms with Crippen molar-refractivity contribution in [3.05, 3.63) is 41.5 Å². The second-order valence-electron chi connectivity index (χ2n) is 4.39. The molecule has 5 nitrogen and oxygen atoms in total. The molecular weight excluding hydrogens is 288 g/mol. The van der Waals surface area contributed by atoms with Gasteiger partial charge in [0.1, 0.15) is 0 Å². The van der Waals surface area contributed by atoms with Gasteiger partial charge in [-0.25, -0.2) is 0 Å². The van der Waals surface area contributed by atoms with Gasteiger partial charge in [-0.15, -0.1) is 11.8 Å². The second-order valence-corrected chi connectivity index (χ2v) is 5.44. The summed E-state index contributed by atoms with van der Waals surface area (Å²) in [5, 5.41) is 3.97. The van der Waals surface area contributed by atoms with E-state index in [0.29, 0.717) is 30.7 Å². The van der Waals surface area contributed by atoms with E-state index in [9.17, 15) is 0 Å². The van der Waals surface area contributed by atoms with Crippen molar-refractivity contribution in [3.63, 3.8) is 0 Å². The van der Waals surface area contributed by atoms with Crippen LogP contribution in [0.2, 0.25) is 0 Å². The molecule has 0 fully saturated rings. The van der Waals surface area contributed by atoms with Gasteiger partial charge in [0.25, 0.3) is 5.89 Å². The first-order chi connectivity index (χ1) is 10.2. The standard InChI is InChI=1S/C15H20N2O3S/c1-4-18-15(19-5-2)14-16-13(17-20-14)10-21-12-8-6-11(3)7-9-12/h6-9,15H,4-5,10H2,1-3H3. The molecule has 0 spiro atoms. The number of ether oxygens (including phenoxy) is 2. The lowest BCUT2D eigenvalue weighted by atomic mass is 10.2. The molecule has 0 aliphatic heterocycles. The lowest BCUT2D eigenvalue weighted by Gasteiger charge is -2.11. The van der Waals surface area contributed by atoms with Crippen LogP contribution in [0.25, 0.3) is 0 Å². The molecule has 0 saturated heterocycles.